The van der Waals surface area contributed by atoms with Gasteiger partial charge < -0.3 is 10.1 Å². The van der Waals surface area contributed by atoms with Crippen molar-refractivity contribution in [3.05, 3.63) is 46.2 Å². The summed E-state index contributed by atoms with van der Waals surface area (Å²) in [4.78, 5) is 0. The molecule has 5 heteroatoms. The van der Waals surface area contributed by atoms with Crippen LogP contribution in [0.1, 0.15) is 24.2 Å². The second-order valence-electron chi connectivity index (χ2n) is 4.65. The predicted molar refractivity (Wildman–Crippen MR) is 84.0 cm³/mol. The fraction of sp³-hybridized carbons (Fsp3) is 0.400. The summed E-state index contributed by atoms with van der Waals surface area (Å²) >= 11 is 3.52. The fourth-order valence-electron chi connectivity index (χ4n) is 2.38. The van der Waals surface area contributed by atoms with Gasteiger partial charge in [0.25, 0.3) is 0 Å². The smallest absolute Gasteiger partial charge is 0.122 e. The third kappa shape index (κ3) is 3.41. The zero-order valence-corrected chi connectivity index (χ0v) is 13.6. The first kappa shape index (κ1) is 15.1. The van der Waals surface area contributed by atoms with Crippen LogP contribution in [0.25, 0.3) is 0 Å². The van der Waals surface area contributed by atoms with Crippen molar-refractivity contribution in [2.24, 2.45) is 7.05 Å². The van der Waals surface area contributed by atoms with Gasteiger partial charge in [-0.2, -0.15) is 5.10 Å². The van der Waals surface area contributed by atoms with Crippen LogP contribution in [0.2, 0.25) is 0 Å². The monoisotopic (exact) mass is 337 g/mol. The van der Waals surface area contributed by atoms with Gasteiger partial charge in [-0.05, 0) is 42.8 Å². The van der Waals surface area contributed by atoms with Crippen LogP contribution in [0.5, 0.6) is 5.75 Å². The molecule has 108 valence electrons. The molecule has 0 amide bonds. The van der Waals surface area contributed by atoms with Crippen LogP contribution < -0.4 is 10.1 Å². The minimum absolute atomic E-state index is 0.218. The second kappa shape index (κ2) is 6.90. The Bertz CT molecular complexity index is 568. The van der Waals surface area contributed by atoms with Gasteiger partial charge in [0.1, 0.15) is 5.75 Å². The van der Waals surface area contributed by atoms with Crippen LogP contribution in [0.4, 0.5) is 0 Å². The molecule has 1 N–H and O–H groups in total. The summed E-state index contributed by atoms with van der Waals surface area (Å²) < 4.78 is 8.43. The Hall–Kier alpha value is -1.33. The van der Waals surface area contributed by atoms with Crippen molar-refractivity contribution in [2.75, 3.05) is 13.7 Å². The molecule has 2 aromatic rings. The summed E-state index contributed by atoms with van der Waals surface area (Å²) in [5.41, 5.74) is 2.35. The van der Waals surface area contributed by atoms with E-state index < -0.39 is 0 Å². The van der Waals surface area contributed by atoms with Gasteiger partial charge in [0.05, 0.1) is 18.8 Å². The van der Waals surface area contributed by atoms with Crippen molar-refractivity contribution >= 4 is 15.9 Å². The molecule has 4 nitrogen and oxygen atoms in total. The minimum Gasteiger partial charge on any atom is -0.496 e. The van der Waals surface area contributed by atoms with E-state index in [1.165, 1.54) is 11.3 Å². The van der Waals surface area contributed by atoms with E-state index in [1.54, 1.807) is 7.11 Å². The average Bonchev–Trinajstić information content (AvgIpc) is 2.85. The SMILES string of the molecule is CCNC(Cc1cc(Br)ccc1OC)c1ccnn1C. The van der Waals surface area contributed by atoms with E-state index in [4.69, 9.17) is 4.74 Å². The maximum absolute atomic E-state index is 5.46. The standard InChI is InChI=1S/C15H20BrN3O/c1-4-17-13(14-7-8-18-19(14)2)10-11-9-12(16)5-6-15(11)20-3/h5-9,13,17H,4,10H2,1-3H3. The Kier molecular flexibility index (Phi) is 5.20. The molecule has 1 atom stereocenters. The molecule has 0 bridgehead atoms. The van der Waals surface area contributed by atoms with E-state index in [9.17, 15) is 0 Å². The van der Waals surface area contributed by atoms with E-state index in [0.717, 1.165) is 23.2 Å². The maximum Gasteiger partial charge on any atom is 0.122 e. The van der Waals surface area contributed by atoms with Crippen LogP contribution in [-0.2, 0) is 13.5 Å². The molecular weight excluding hydrogens is 318 g/mol. The highest BCUT2D eigenvalue weighted by Crippen LogP contribution is 2.27. The van der Waals surface area contributed by atoms with Crippen molar-refractivity contribution in [3.8, 4) is 5.75 Å². The van der Waals surface area contributed by atoms with Gasteiger partial charge in [-0.3, -0.25) is 4.68 Å². The number of nitrogens with one attached hydrogen (secondary N) is 1. The molecule has 1 aromatic carbocycles. The van der Waals surface area contributed by atoms with Crippen molar-refractivity contribution in [1.82, 2.24) is 15.1 Å². The van der Waals surface area contributed by atoms with Gasteiger partial charge in [-0.15, -0.1) is 0 Å². The molecule has 0 aliphatic heterocycles. The quantitative estimate of drug-likeness (QED) is 0.880. The highest BCUT2D eigenvalue weighted by molar-refractivity contribution is 9.10. The molecule has 1 aromatic heterocycles. The van der Waals surface area contributed by atoms with Crippen LogP contribution in [0, 0.1) is 0 Å². The number of nitrogens with zero attached hydrogens (tertiary/aromatic N) is 2. The van der Waals surface area contributed by atoms with Crippen molar-refractivity contribution in [3.63, 3.8) is 0 Å². The lowest BCUT2D eigenvalue weighted by Crippen LogP contribution is -2.25. The Balaban J connectivity index is 2.29. The van der Waals surface area contributed by atoms with Gasteiger partial charge in [-0.1, -0.05) is 22.9 Å². The number of benzene rings is 1. The highest BCUT2D eigenvalue weighted by atomic mass is 79.9. The Morgan fingerprint density at radius 2 is 2.20 bits per heavy atom. The number of hydrogen-bond donors (Lipinski definition) is 1. The summed E-state index contributed by atoms with van der Waals surface area (Å²) in [5.74, 6) is 0.915. The average molecular weight is 338 g/mol. The summed E-state index contributed by atoms with van der Waals surface area (Å²) in [6, 6.07) is 8.37. The van der Waals surface area contributed by atoms with Crippen molar-refractivity contribution in [2.45, 2.75) is 19.4 Å². The van der Waals surface area contributed by atoms with Crippen LogP contribution in [0.15, 0.2) is 34.9 Å². The molecule has 0 aliphatic rings. The molecule has 20 heavy (non-hydrogen) atoms. The first-order valence-corrected chi connectivity index (χ1v) is 7.48. The molecule has 0 fully saturated rings. The number of hydrogen-bond acceptors (Lipinski definition) is 3. The highest BCUT2D eigenvalue weighted by Gasteiger charge is 2.17. The van der Waals surface area contributed by atoms with Crippen LogP contribution in [-0.4, -0.2) is 23.4 Å². The summed E-state index contributed by atoms with van der Waals surface area (Å²) in [5, 5.41) is 7.77. The maximum atomic E-state index is 5.46. The molecule has 0 spiro atoms. The van der Waals surface area contributed by atoms with Crippen LogP contribution in [0.3, 0.4) is 0 Å². The van der Waals surface area contributed by atoms with E-state index in [0.29, 0.717) is 0 Å². The van der Waals surface area contributed by atoms with E-state index in [1.807, 2.05) is 30.1 Å². The zero-order chi connectivity index (χ0) is 14.5. The fourth-order valence-corrected chi connectivity index (χ4v) is 2.79. The first-order valence-electron chi connectivity index (χ1n) is 6.69. The number of aryl methyl sites for hydroxylation is 1. The molecule has 0 saturated carbocycles. The molecule has 0 aliphatic carbocycles. The summed E-state index contributed by atoms with van der Waals surface area (Å²) in [7, 11) is 3.68. The topological polar surface area (TPSA) is 39.1 Å². The van der Waals surface area contributed by atoms with Gasteiger partial charge >= 0.3 is 0 Å². The lowest BCUT2D eigenvalue weighted by molar-refractivity contribution is 0.404. The lowest BCUT2D eigenvalue weighted by atomic mass is 10.0. The molecule has 2 rings (SSSR count). The Morgan fingerprint density at radius 3 is 2.80 bits per heavy atom. The lowest BCUT2D eigenvalue weighted by Gasteiger charge is -2.20. The second-order valence-corrected chi connectivity index (χ2v) is 5.57. The molecule has 0 radical (unpaired) electrons. The first-order chi connectivity index (χ1) is 9.65. The summed E-state index contributed by atoms with van der Waals surface area (Å²) in [6.45, 7) is 3.02. The predicted octanol–water partition coefficient (Wildman–Crippen LogP) is 3.08. The molecular formula is C15H20BrN3O. The van der Waals surface area contributed by atoms with E-state index in [2.05, 4.69) is 45.4 Å². The van der Waals surface area contributed by atoms with Gasteiger partial charge in [0.15, 0.2) is 0 Å². The molecule has 0 saturated heterocycles. The Labute approximate surface area is 128 Å². The number of rotatable bonds is 6. The van der Waals surface area contributed by atoms with Crippen molar-refractivity contribution < 1.29 is 4.74 Å². The number of likely N-dealkylation sites (N-methyl/N-ethyl adjacent to an activating group) is 1. The molecule has 1 unspecified atom stereocenters. The normalized spacial score (nSPS) is 12.4. The largest absolute Gasteiger partial charge is 0.496 e. The minimum atomic E-state index is 0.218. The third-order valence-electron chi connectivity index (χ3n) is 3.33. The van der Waals surface area contributed by atoms with E-state index >= 15 is 0 Å². The van der Waals surface area contributed by atoms with Gasteiger partial charge in [0.2, 0.25) is 0 Å². The number of methoxy groups -OCH3 is 1. The Morgan fingerprint density at radius 1 is 1.40 bits per heavy atom. The molecule has 1 heterocycles. The van der Waals surface area contributed by atoms with E-state index in [-0.39, 0.29) is 6.04 Å². The summed E-state index contributed by atoms with van der Waals surface area (Å²) in [6.07, 6.45) is 2.69. The van der Waals surface area contributed by atoms with Gasteiger partial charge in [-0.25, -0.2) is 0 Å². The number of ether oxygens (including phenoxy) is 1. The number of aromatic nitrogens is 2. The number of halogens is 1. The van der Waals surface area contributed by atoms with Crippen molar-refractivity contribution in [1.29, 1.82) is 0 Å². The van der Waals surface area contributed by atoms with Crippen LogP contribution >= 0.6 is 15.9 Å². The van der Waals surface area contributed by atoms with Gasteiger partial charge in [0, 0.05) is 17.7 Å². The third-order valence-corrected chi connectivity index (χ3v) is 3.83. The zero-order valence-electron chi connectivity index (χ0n) is 12.1.